The molecule has 7 heteroatoms. The van der Waals surface area contributed by atoms with Crippen LogP contribution < -0.4 is 5.32 Å². The number of aromatic nitrogens is 3. The lowest BCUT2D eigenvalue weighted by atomic mass is 10.2. The quantitative estimate of drug-likeness (QED) is 0.462. The minimum absolute atomic E-state index is 0.0722. The van der Waals surface area contributed by atoms with Crippen LogP contribution >= 0.6 is 23.1 Å². The summed E-state index contributed by atoms with van der Waals surface area (Å²) >= 11 is 2.95. The molecule has 0 aliphatic rings. The number of para-hydroxylation sites is 2. The monoisotopic (exact) mass is 408 g/mol. The number of carbonyl (C=O) groups is 1. The number of carbonyl (C=O) groups excluding carboxylic acids is 1. The fourth-order valence-electron chi connectivity index (χ4n) is 2.89. The molecule has 0 unspecified atom stereocenters. The number of anilines is 1. The zero-order chi connectivity index (χ0) is 19.5. The van der Waals surface area contributed by atoms with Crippen molar-refractivity contribution in [2.45, 2.75) is 25.5 Å². The van der Waals surface area contributed by atoms with E-state index in [1.54, 1.807) is 0 Å². The maximum Gasteiger partial charge on any atom is 0.236 e. The third-order valence-electron chi connectivity index (χ3n) is 4.41. The van der Waals surface area contributed by atoms with Crippen molar-refractivity contribution in [3.05, 3.63) is 70.7 Å². The van der Waals surface area contributed by atoms with Gasteiger partial charge in [0.2, 0.25) is 5.91 Å². The SMILES string of the molecule is Cc1nc(NC(=O)CSc2nc3ccccc3n2Cc2ccccc2)sc1C. The summed E-state index contributed by atoms with van der Waals surface area (Å²) in [6.45, 7) is 4.67. The first kappa shape index (κ1) is 18.7. The summed E-state index contributed by atoms with van der Waals surface area (Å²) in [6, 6.07) is 18.3. The number of aryl methyl sites for hydroxylation is 2. The van der Waals surface area contributed by atoms with Gasteiger partial charge in [0.1, 0.15) is 0 Å². The van der Waals surface area contributed by atoms with Crippen molar-refractivity contribution in [1.82, 2.24) is 14.5 Å². The lowest BCUT2D eigenvalue weighted by Crippen LogP contribution is -2.14. The van der Waals surface area contributed by atoms with Crippen LogP contribution in [-0.4, -0.2) is 26.2 Å². The molecule has 0 aliphatic heterocycles. The van der Waals surface area contributed by atoms with Crippen molar-refractivity contribution in [2.75, 3.05) is 11.1 Å². The highest BCUT2D eigenvalue weighted by Gasteiger charge is 2.14. The van der Waals surface area contributed by atoms with E-state index in [4.69, 9.17) is 4.98 Å². The van der Waals surface area contributed by atoms with Gasteiger partial charge in [0.25, 0.3) is 0 Å². The zero-order valence-electron chi connectivity index (χ0n) is 15.7. The first-order chi connectivity index (χ1) is 13.6. The van der Waals surface area contributed by atoms with Crippen LogP contribution in [0.2, 0.25) is 0 Å². The van der Waals surface area contributed by atoms with Gasteiger partial charge in [0, 0.05) is 4.88 Å². The highest BCUT2D eigenvalue weighted by molar-refractivity contribution is 7.99. The second-order valence-electron chi connectivity index (χ2n) is 6.45. The van der Waals surface area contributed by atoms with Gasteiger partial charge in [-0.1, -0.05) is 54.2 Å². The first-order valence-electron chi connectivity index (χ1n) is 8.96. The summed E-state index contributed by atoms with van der Waals surface area (Å²) in [5.41, 5.74) is 4.16. The number of imidazole rings is 1. The predicted molar refractivity (Wildman–Crippen MR) is 116 cm³/mol. The lowest BCUT2D eigenvalue weighted by Gasteiger charge is -2.09. The van der Waals surface area contributed by atoms with Gasteiger partial charge in [-0.05, 0) is 31.5 Å². The van der Waals surface area contributed by atoms with E-state index in [1.165, 1.54) is 28.7 Å². The van der Waals surface area contributed by atoms with Crippen LogP contribution in [0.4, 0.5) is 5.13 Å². The topological polar surface area (TPSA) is 59.8 Å². The second-order valence-corrected chi connectivity index (χ2v) is 8.60. The fraction of sp³-hybridized carbons (Fsp3) is 0.190. The number of nitrogens with one attached hydrogen (secondary N) is 1. The number of hydrogen-bond donors (Lipinski definition) is 1. The van der Waals surface area contributed by atoms with Gasteiger partial charge < -0.3 is 9.88 Å². The third-order valence-corrected chi connectivity index (χ3v) is 6.37. The van der Waals surface area contributed by atoms with Crippen LogP contribution in [0, 0.1) is 13.8 Å². The molecule has 1 amide bonds. The molecule has 142 valence electrons. The van der Waals surface area contributed by atoms with Crippen LogP contribution in [0.5, 0.6) is 0 Å². The molecular weight excluding hydrogens is 388 g/mol. The summed E-state index contributed by atoms with van der Waals surface area (Å²) in [5.74, 6) is 0.215. The van der Waals surface area contributed by atoms with Gasteiger partial charge in [-0.3, -0.25) is 4.79 Å². The van der Waals surface area contributed by atoms with Gasteiger partial charge in [0.05, 0.1) is 29.0 Å². The fourth-order valence-corrected chi connectivity index (χ4v) is 4.54. The molecule has 0 atom stereocenters. The molecule has 5 nitrogen and oxygen atoms in total. The van der Waals surface area contributed by atoms with E-state index in [2.05, 4.69) is 33.1 Å². The molecule has 0 saturated carbocycles. The molecule has 0 spiro atoms. The van der Waals surface area contributed by atoms with E-state index in [9.17, 15) is 4.79 Å². The molecule has 28 heavy (non-hydrogen) atoms. The summed E-state index contributed by atoms with van der Waals surface area (Å²) in [6.07, 6.45) is 0. The van der Waals surface area contributed by atoms with Crippen LogP contribution in [0.1, 0.15) is 16.1 Å². The summed E-state index contributed by atoms with van der Waals surface area (Å²) in [5, 5.41) is 4.38. The zero-order valence-corrected chi connectivity index (χ0v) is 17.3. The van der Waals surface area contributed by atoms with Gasteiger partial charge in [-0.25, -0.2) is 9.97 Å². The Morgan fingerprint density at radius 3 is 2.57 bits per heavy atom. The average Bonchev–Trinajstić information content (AvgIpc) is 3.20. The predicted octanol–water partition coefficient (Wildman–Crippen LogP) is 4.89. The Morgan fingerprint density at radius 1 is 1.07 bits per heavy atom. The van der Waals surface area contributed by atoms with Gasteiger partial charge in [0.15, 0.2) is 10.3 Å². The van der Waals surface area contributed by atoms with Crippen LogP contribution in [0.15, 0.2) is 59.8 Å². The number of thioether (sulfide) groups is 1. The molecule has 2 heterocycles. The Morgan fingerprint density at radius 2 is 1.82 bits per heavy atom. The second kappa shape index (κ2) is 8.16. The van der Waals surface area contributed by atoms with Crippen molar-refractivity contribution in [3.8, 4) is 0 Å². The Balaban J connectivity index is 1.52. The molecule has 0 radical (unpaired) electrons. The van der Waals surface area contributed by atoms with Crippen molar-refractivity contribution < 1.29 is 4.79 Å². The number of rotatable bonds is 6. The largest absolute Gasteiger partial charge is 0.314 e. The molecule has 2 aromatic carbocycles. The molecule has 1 N–H and O–H groups in total. The molecule has 4 aromatic rings. The van der Waals surface area contributed by atoms with Gasteiger partial charge >= 0.3 is 0 Å². The molecular formula is C21H20N4OS2. The van der Waals surface area contributed by atoms with Crippen molar-refractivity contribution in [1.29, 1.82) is 0 Å². The maximum absolute atomic E-state index is 12.4. The Labute approximate surface area is 171 Å². The summed E-state index contributed by atoms with van der Waals surface area (Å²) in [7, 11) is 0. The minimum atomic E-state index is -0.0722. The Hall–Kier alpha value is -2.64. The Bertz CT molecular complexity index is 1100. The van der Waals surface area contributed by atoms with E-state index in [1.807, 2.05) is 50.2 Å². The number of hydrogen-bond acceptors (Lipinski definition) is 5. The third kappa shape index (κ3) is 4.10. The first-order valence-corrected chi connectivity index (χ1v) is 10.8. The van der Waals surface area contributed by atoms with E-state index in [0.717, 1.165) is 33.3 Å². The van der Waals surface area contributed by atoms with E-state index < -0.39 is 0 Å². The summed E-state index contributed by atoms with van der Waals surface area (Å²) < 4.78 is 2.17. The maximum atomic E-state index is 12.4. The molecule has 0 saturated heterocycles. The van der Waals surface area contributed by atoms with Crippen molar-refractivity contribution in [3.63, 3.8) is 0 Å². The average molecular weight is 409 g/mol. The van der Waals surface area contributed by atoms with Crippen molar-refractivity contribution >= 4 is 45.2 Å². The highest BCUT2D eigenvalue weighted by atomic mass is 32.2. The lowest BCUT2D eigenvalue weighted by molar-refractivity contribution is -0.113. The van der Waals surface area contributed by atoms with E-state index in [-0.39, 0.29) is 11.7 Å². The number of fused-ring (bicyclic) bond motifs is 1. The minimum Gasteiger partial charge on any atom is -0.314 e. The number of thiazole rings is 1. The number of benzene rings is 2. The van der Waals surface area contributed by atoms with Gasteiger partial charge in [-0.2, -0.15) is 0 Å². The van der Waals surface area contributed by atoms with Crippen LogP contribution in [-0.2, 0) is 11.3 Å². The van der Waals surface area contributed by atoms with Gasteiger partial charge in [-0.15, -0.1) is 11.3 Å². The molecule has 0 bridgehead atoms. The number of amides is 1. The Kier molecular flexibility index (Phi) is 5.45. The number of nitrogens with zero attached hydrogens (tertiary/aromatic N) is 3. The summed E-state index contributed by atoms with van der Waals surface area (Å²) in [4.78, 5) is 22.6. The molecule has 2 aromatic heterocycles. The van der Waals surface area contributed by atoms with E-state index >= 15 is 0 Å². The van der Waals surface area contributed by atoms with E-state index in [0.29, 0.717) is 5.13 Å². The standard InChI is InChI=1S/C21H20N4OS2/c1-14-15(2)28-20(22-14)24-19(26)13-27-21-23-17-10-6-7-11-18(17)25(21)12-16-8-4-3-5-9-16/h3-11H,12-13H2,1-2H3,(H,22,24,26). The van der Waals surface area contributed by atoms with Crippen molar-refractivity contribution in [2.24, 2.45) is 0 Å². The highest BCUT2D eigenvalue weighted by Crippen LogP contribution is 2.26. The molecule has 0 fully saturated rings. The molecule has 4 rings (SSSR count). The normalized spacial score (nSPS) is 11.1. The van der Waals surface area contributed by atoms with Crippen LogP contribution in [0.3, 0.4) is 0 Å². The van der Waals surface area contributed by atoms with Crippen LogP contribution in [0.25, 0.3) is 11.0 Å². The smallest absolute Gasteiger partial charge is 0.236 e. The molecule has 0 aliphatic carbocycles.